The normalized spacial score (nSPS) is 12.0. The van der Waals surface area contributed by atoms with Crippen molar-refractivity contribution in [1.82, 2.24) is 10.2 Å². The molecular weight excluding hydrogens is 454 g/mol. The van der Waals surface area contributed by atoms with Crippen LogP contribution in [0.1, 0.15) is 39.7 Å². The Balaban J connectivity index is 2.34. The van der Waals surface area contributed by atoms with Gasteiger partial charge in [-0.15, -0.1) is 0 Å². The number of hydrogen-bond donors (Lipinski definition) is 2. The van der Waals surface area contributed by atoms with Gasteiger partial charge in [-0.1, -0.05) is 18.5 Å². The number of anilines is 1. The molecule has 2 aromatic carbocycles. The van der Waals surface area contributed by atoms with Crippen molar-refractivity contribution < 1.29 is 22.2 Å². The van der Waals surface area contributed by atoms with Crippen molar-refractivity contribution in [3.8, 4) is 5.75 Å². The number of nitrogens with one attached hydrogen (secondary N) is 2. The van der Waals surface area contributed by atoms with Crippen LogP contribution in [0.25, 0.3) is 0 Å². The molecule has 0 unspecified atom stereocenters. The summed E-state index contributed by atoms with van der Waals surface area (Å²) in [7, 11) is -4.16. The largest absolute Gasteiger partial charge is 0.379 e. The molecule has 10 heteroatoms. The molecule has 2 N–H and O–H groups in total. The van der Waals surface area contributed by atoms with Gasteiger partial charge in [0.2, 0.25) is 5.91 Å². The molecule has 32 heavy (non-hydrogen) atoms. The van der Waals surface area contributed by atoms with Crippen molar-refractivity contribution in [2.45, 2.75) is 51.6 Å². The number of benzene rings is 2. The summed E-state index contributed by atoms with van der Waals surface area (Å²) < 4.78 is 31.1. The maximum absolute atomic E-state index is 12.8. The van der Waals surface area contributed by atoms with Crippen LogP contribution in [0.15, 0.2) is 47.4 Å². The monoisotopic (exact) mass is 481 g/mol. The Bertz CT molecular complexity index is 1060. The Morgan fingerprint density at radius 3 is 2.34 bits per heavy atom. The predicted molar refractivity (Wildman–Crippen MR) is 124 cm³/mol. The molecule has 2 rings (SSSR count). The highest BCUT2D eigenvalue weighted by molar-refractivity contribution is 7.87. The van der Waals surface area contributed by atoms with Crippen molar-refractivity contribution in [2.75, 3.05) is 11.9 Å². The van der Waals surface area contributed by atoms with E-state index in [0.29, 0.717) is 29.2 Å². The summed E-state index contributed by atoms with van der Waals surface area (Å²) in [5.41, 5.74) is 0.928. The van der Waals surface area contributed by atoms with Gasteiger partial charge in [0.15, 0.2) is 0 Å². The number of nitrogens with zero attached hydrogens (tertiary/aromatic N) is 1. The van der Waals surface area contributed by atoms with Crippen LogP contribution >= 0.6 is 11.6 Å². The van der Waals surface area contributed by atoms with Gasteiger partial charge in [0.05, 0.1) is 6.54 Å². The van der Waals surface area contributed by atoms with E-state index in [9.17, 15) is 18.0 Å². The highest BCUT2D eigenvalue weighted by Crippen LogP contribution is 2.28. The molecule has 8 nitrogen and oxygen atoms in total. The molecule has 0 aromatic heterocycles. The second-order valence-electron chi connectivity index (χ2n) is 7.22. The van der Waals surface area contributed by atoms with Gasteiger partial charge in [-0.2, -0.15) is 8.42 Å². The highest BCUT2D eigenvalue weighted by Gasteiger charge is 2.23. The first-order valence-corrected chi connectivity index (χ1v) is 12.0. The summed E-state index contributed by atoms with van der Waals surface area (Å²) in [4.78, 5) is 25.2. The number of hydrogen-bond acceptors (Lipinski definition) is 5. The number of carbonyl (C=O) groups is 2. The van der Waals surface area contributed by atoms with Crippen LogP contribution in [0.2, 0.25) is 5.02 Å². The zero-order valence-corrected chi connectivity index (χ0v) is 20.1. The minimum absolute atomic E-state index is 0.0741. The third-order valence-electron chi connectivity index (χ3n) is 4.74. The molecule has 0 fully saturated rings. The SMILES string of the molecule is CCNC(=O)N(Cc1cc(Cl)ccc1OS(=O)(=O)c1ccc(NC(C)=O)cc1)[C@H](C)CC. The van der Waals surface area contributed by atoms with Crippen molar-refractivity contribution in [3.63, 3.8) is 0 Å². The number of rotatable bonds is 9. The lowest BCUT2D eigenvalue weighted by Crippen LogP contribution is -2.44. The smallest absolute Gasteiger partial charge is 0.339 e. The van der Waals surface area contributed by atoms with Gasteiger partial charge >= 0.3 is 16.1 Å². The van der Waals surface area contributed by atoms with Gasteiger partial charge in [0.1, 0.15) is 10.6 Å². The number of carbonyl (C=O) groups excluding carboxylic acids is 2. The number of halogens is 1. The molecule has 0 aliphatic rings. The van der Waals surface area contributed by atoms with Crippen LogP contribution in [-0.2, 0) is 21.5 Å². The Labute approximate surface area is 194 Å². The standard InChI is InChI=1S/C22H28ClN3O5S/c1-5-15(3)26(22(28)24-6-2)14-17-13-18(23)7-12-21(17)31-32(29,30)20-10-8-19(9-11-20)25-16(4)27/h7-13,15H,5-6,14H2,1-4H3,(H,24,28)(H,25,27)/t15-/m1/s1. The molecule has 0 saturated heterocycles. The van der Waals surface area contributed by atoms with Crippen LogP contribution in [-0.4, -0.2) is 37.8 Å². The third-order valence-corrected chi connectivity index (χ3v) is 6.22. The molecule has 0 aliphatic carbocycles. The van der Waals surface area contributed by atoms with Crippen LogP contribution in [0.3, 0.4) is 0 Å². The van der Waals surface area contributed by atoms with Crippen molar-refractivity contribution in [2.24, 2.45) is 0 Å². The average molecular weight is 482 g/mol. The fraction of sp³-hybridized carbons (Fsp3) is 0.364. The fourth-order valence-electron chi connectivity index (χ4n) is 2.91. The van der Waals surface area contributed by atoms with E-state index >= 15 is 0 Å². The van der Waals surface area contributed by atoms with Crippen LogP contribution in [0.5, 0.6) is 5.75 Å². The summed E-state index contributed by atoms with van der Waals surface area (Å²) in [6, 6.07) is 9.85. The van der Waals surface area contributed by atoms with Gasteiger partial charge in [-0.25, -0.2) is 4.79 Å². The van der Waals surface area contributed by atoms with Gasteiger partial charge in [-0.3, -0.25) is 4.79 Å². The highest BCUT2D eigenvalue weighted by atomic mass is 35.5. The first-order valence-electron chi connectivity index (χ1n) is 10.2. The molecule has 0 aliphatic heterocycles. The van der Waals surface area contributed by atoms with Crippen LogP contribution in [0.4, 0.5) is 10.5 Å². The lowest BCUT2D eigenvalue weighted by Gasteiger charge is -2.29. The second-order valence-corrected chi connectivity index (χ2v) is 9.20. The molecule has 0 spiro atoms. The molecule has 3 amide bonds. The summed E-state index contributed by atoms with van der Waals surface area (Å²) in [6.07, 6.45) is 0.715. The Kier molecular flexibility index (Phi) is 8.91. The van der Waals surface area contributed by atoms with Gasteiger partial charge in [0.25, 0.3) is 0 Å². The first-order chi connectivity index (χ1) is 15.1. The fourth-order valence-corrected chi connectivity index (χ4v) is 4.07. The van der Waals surface area contributed by atoms with E-state index in [-0.39, 0.29) is 35.2 Å². The molecule has 0 bridgehead atoms. The van der Waals surface area contributed by atoms with E-state index in [1.54, 1.807) is 11.0 Å². The zero-order valence-electron chi connectivity index (χ0n) is 18.5. The third kappa shape index (κ3) is 6.86. The van der Waals surface area contributed by atoms with Crippen LogP contribution < -0.4 is 14.8 Å². The molecule has 0 saturated carbocycles. The lowest BCUT2D eigenvalue weighted by molar-refractivity contribution is -0.114. The van der Waals surface area contributed by atoms with E-state index in [1.165, 1.54) is 43.3 Å². The predicted octanol–water partition coefficient (Wildman–Crippen LogP) is 4.40. The molecule has 174 valence electrons. The molecule has 0 heterocycles. The molecule has 0 radical (unpaired) electrons. The average Bonchev–Trinajstić information content (AvgIpc) is 2.73. The number of urea groups is 1. The Morgan fingerprint density at radius 1 is 1.12 bits per heavy atom. The Hall–Kier alpha value is -2.78. The van der Waals surface area contributed by atoms with Gasteiger partial charge in [-0.05, 0) is 62.7 Å². The lowest BCUT2D eigenvalue weighted by atomic mass is 10.1. The summed E-state index contributed by atoms with van der Waals surface area (Å²) in [6.45, 7) is 7.64. The molecule has 2 aromatic rings. The van der Waals surface area contributed by atoms with E-state index in [2.05, 4.69) is 10.6 Å². The number of amides is 3. The minimum atomic E-state index is -4.16. The van der Waals surface area contributed by atoms with E-state index < -0.39 is 10.1 Å². The molecular formula is C22H28ClN3O5S. The maximum atomic E-state index is 12.8. The van der Waals surface area contributed by atoms with Crippen molar-refractivity contribution >= 4 is 39.3 Å². The second kappa shape index (κ2) is 11.2. The minimum Gasteiger partial charge on any atom is -0.379 e. The quantitative estimate of drug-likeness (QED) is 0.516. The Morgan fingerprint density at radius 2 is 1.78 bits per heavy atom. The topological polar surface area (TPSA) is 105 Å². The molecule has 1 atom stereocenters. The van der Waals surface area contributed by atoms with Gasteiger partial charge < -0.3 is 19.7 Å². The summed E-state index contributed by atoms with van der Waals surface area (Å²) in [5, 5.41) is 5.74. The van der Waals surface area contributed by atoms with Crippen LogP contribution in [0, 0.1) is 0 Å². The zero-order chi connectivity index (χ0) is 23.9. The van der Waals surface area contributed by atoms with Crippen molar-refractivity contribution in [1.29, 1.82) is 0 Å². The first kappa shape index (κ1) is 25.5. The van der Waals surface area contributed by atoms with E-state index in [1.807, 2.05) is 20.8 Å². The van der Waals surface area contributed by atoms with E-state index in [4.69, 9.17) is 15.8 Å². The maximum Gasteiger partial charge on any atom is 0.339 e. The summed E-state index contributed by atoms with van der Waals surface area (Å²) >= 11 is 6.14. The van der Waals surface area contributed by atoms with Crippen molar-refractivity contribution in [3.05, 3.63) is 53.1 Å². The summed E-state index contributed by atoms with van der Waals surface area (Å²) in [5.74, 6) is -0.182. The van der Waals surface area contributed by atoms with Gasteiger partial charge in [0, 0.05) is 35.8 Å². The van der Waals surface area contributed by atoms with E-state index in [0.717, 1.165) is 0 Å².